The van der Waals surface area contributed by atoms with E-state index in [9.17, 15) is 0 Å². The van der Waals surface area contributed by atoms with E-state index in [4.69, 9.17) is 11.6 Å². The standard InChI is InChI=1S/C15H26ClN5/c1-3-4-5-6-9-12(2)17-14-18-13(16)19-15(20-14)21-10-7-8-11-21/h12H,3-11H2,1-2H3,(H,17,18,19,20). The molecule has 2 rings (SSSR count). The van der Waals surface area contributed by atoms with Crippen LogP contribution in [-0.2, 0) is 0 Å². The van der Waals surface area contributed by atoms with E-state index >= 15 is 0 Å². The van der Waals surface area contributed by atoms with Crippen molar-refractivity contribution in [2.45, 2.75) is 64.8 Å². The van der Waals surface area contributed by atoms with E-state index in [-0.39, 0.29) is 5.28 Å². The molecule has 118 valence electrons. The predicted molar refractivity (Wildman–Crippen MR) is 88.1 cm³/mol. The van der Waals surface area contributed by atoms with Crippen LogP contribution in [0.2, 0.25) is 5.28 Å². The smallest absolute Gasteiger partial charge is 0.231 e. The first kappa shape index (κ1) is 16.3. The Morgan fingerprint density at radius 1 is 1.14 bits per heavy atom. The number of anilines is 2. The summed E-state index contributed by atoms with van der Waals surface area (Å²) in [7, 11) is 0. The van der Waals surface area contributed by atoms with E-state index in [0.717, 1.165) is 19.5 Å². The van der Waals surface area contributed by atoms with E-state index in [2.05, 4.69) is 39.0 Å². The zero-order chi connectivity index (χ0) is 15.1. The average Bonchev–Trinajstić information content (AvgIpc) is 2.97. The van der Waals surface area contributed by atoms with Gasteiger partial charge < -0.3 is 10.2 Å². The fourth-order valence-electron chi connectivity index (χ4n) is 2.63. The molecule has 0 amide bonds. The molecular weight excluding hydrogens is 286 g/mol. The summed E-state index contributed by atoms with van der Waals surface area (Å²) in [6.07, 6.45) is 8.62. The van der Waals surface area contributed by atoms with Crippen LogP contribution in [0.3, 0.4) is 0 Å². The Labute approximate surface area is 132 Å². The highest BCUT2D eigenvalue weighted by Gasteiger charge is 2.17. The molecule has 0 aliphatic carbocycles. The van der Waals surface area contributed by atoms with Gasteiger partial charge in [-0.2, -0.15) is 15.0 Å². The van der Waals surface area contributed by atoms with Gasteiger partial charge in [-0.1, -0.05) is 32.6 Å². The SMILES string of the molecule is CCCCCCC(C)Nc1nc(Cl)nc(N2CCCC2)n1. The number of hydrogen-bond donors (Lipinski definition) is 1. The lowest BCUT2D eigenvalue weighted by molar-refractivity contribution is 0.591. The van der Waals surface area contributed by atoms with Crippen LogP contribution >= 0.6 is 11.6 Å². The lowest BCUT2D eigenvalue weighted by Crippen LogP contribution is -2.23. The summed E-state index contributed by atoms with van der Waals surface area (Å²) in [5.41, 5.74) is 0. The Bertz CT molecular complexity index is 434. The molecule has 2 heterocycles. The molecule has 0 radical (unpaired) electrons. The molecule has 1 aliphatic heterocycles. The van der Waals surface area contributed by atoms with Crippen LogP contribution in [0.15, 0.2) is 0 Å². The summed E-state index contributed by atoms with van der Waals surface area (Å²) >= 11 is 6.03. The number of halogens is 1. The summed E-state index contributed by atoms with van der Waals surface area (Å²) in [5.74, 6) is 1.30. The maximum Gasteiger partial charge on any atom is 0.231 e. The first-order valence-electron chi connectivity index (χ1n) is 8.12. The fourth-order valence-corrected chi connectivity index (χ4v) is 2.79. The summed E-state index contributed by atoms with van der Waals surface area (Å²) in [4.78, 5) is 15.1. The molecule has 5 nitrogen and oxygen atoms in total. The highest BCUT2D eigenvalue weighted by molar-refractivity contribution is 6.28. The van der Waals surface area contributed by atoms with Crippen molar-refractivity contribution in [3.8, 4) is 0 Å². The van der Waals surface area contributed by atoms with E-state index in [1.165, 1.54) is 38.5 Å². The molecule has 6 heteroatoms. The maximum atomic E-state index is 6.03. The Morgan fingerprint density at radius 2 is 1.90 bits per heavy atom. The third-order valence-corrected chi connectivity index (χ3v) is 4.02. The Morgan fingerprint density at radius 3 is 2.62 bits per heavy atom. The number of nitrogens with zero attached hydrogens (tertiary/aromatic N) is 4. The number of nitrogens with one attached hydrogen (secondary N) is 1. The number of unbranched alkanes of at least 4 members (excludes halogenated alkanes) is 3. The normalized spacial score (nSPS) is 16.2. The van der Waals surface area contributed by atoms with E-state index in [0.29, 0.717) is 17.9 Å². The predicted octanol–water partition coefficient (Wildman–Crippen LogP) is 3.90. The van der Waals surface area contributed by atoms with Crippen molar-refractivity contribution in [3.63, 3.8) is 0 Å². The summed E-state index contributed by atoms with van der Waals surface area (Å²) in [6.45, 7) is 6.41. The first-order chi connectivity index (χ1) is 10.2. The van der Waals surface area contributed by atoms with Gasteiger partial charge in [0.05, 0.1) is 0 Å². The molecule has 1 aliphatic rings. The van der Waals surface area contributed by atoms with Crippen LogP contribution < -0.4 is 10.2 Å². The monoisotopic (exact) mass is 311 g/mol. The van der Waals surface area contributed by atoms with Gasteiger partial charge in [0.25, 0.3) is 0 Å². The molecule has 0 bridgehead atoms. The minimum atomic E-state index is 0.271. The highest BCUT2D eigenvalue weighted by atomic mass is 35.5. The number of hydrogen-bond acceptors (Lipinski definition) is 5. The van der Waals surface area contributed by atoms with Gasteiger partial charge in [0, 0.05) is 19.1 Å². The van der Waals surface area contributed by atoms with Crippen LogP contribution in [0, 0.1) is 0 Å². The molecule has 21 heavy (non-hydrogen) atoms. The molecular formula is C15H26ClN5. The van der Waals surface area contributed by atoms with Crippen molar-refractivity contribution in [1.82, 2.24) is 15.0 Å². The van der Waals surface area contributed by atoms with Crippen LogP contribution in [0.5, 0.6) is 0 Å². The van der Waals surface area contributed by atoms with Crippen LogP contribution in [0.1, 0.15) is 58.8 Å². The third-order valence-electron chi connectivity index (χ3n) is 3.85. The second-order valence-electron chi connectivity index (χ2n) is 5.82. The van der Waals surface area contributed by atoms with Crippen molar-refractivity contribution in [1.29, 1.82) is 0 Å². The molecule has 1 unspecified atom stereocenters. The van der Waals surface area contributed by atoms with Crippen LogP contribution in [0.25, 0.3) is 0 Å². The maximum absolute atomic E-state index is 6.03. The first-order valence-corrected chi connectivity index (χ1v) is 8.50. The molecule has 1 atom stereocenters. The van der Waals surface area contributed by atoms with Crippen molar-refractivity contribution < 1.29 is 0 Å². The van der Waals surface area contributed by atoms with Crippen molar-refractivity contribution >= 4 is 23.5 Å². The lowest BCUT2D eigenvalue weighted by Gasteiger charge is -2.18. The van der Waals surface area contributed by atoms with E-state index < -0.39 is 0 Å². The Kier molecular flexibility index (Phi) is 6.49. The minimum Gasteiger partial charge on any atom is -0.352 e. The van der Waals surface area contributed by atoms with E-state index in [1.807, 2.05) is 0 Å². The van der Waals surface area contributed by atoms with Gasteiger partial charge in [-0.05, 0) is 37.8 Å². The fraction of sp³-hybridized carbons (Fsp3) is 0.800. The topological polar surface area (TPSA) is 53.9 Å². The van der Waals surface area contributed by atoms with Crippen LogP contribution in [0.4, 0.5) is 11.9 Å². The van der Waals surface area contributed by atoms with Crippen molar-refractivity contribution in [2.24, 2.45) is 0 Å². The van der Waals surface area contributed by atoms with Crippen LogP contribution in [-0.4, -0.2) is 34.1 Å². The van der Waals surface area contributed by atoms with Gasteiger partial charge in [0.1, 0.15) is 0 Å². The van der Waals surface area contributed by atoms with Gasteiger partial charge >= 0.3 is 0 Å². The lowest BCUT2D eigenvalue weighted by atomic mass is 10.1. The van der Waals surface area contributed by atoms with Gasteiger partial charge in [0.2, 0.25) is 17.2 Å². The zero-order valence-electron chi connectivity index (χ0n) is 13.1. The quantitative estimate of drug-likeness (QED) is 0.738. The molecule has 1 N–H and O–H groups in total. The van der Waals surface area contributed by atoms with Gasteiger partial charge in [-0.25, -0.2) is 0 Å². The number of rotatable bonds is 8. The second-order valence-corrected chi connectivity index (χ2v) is 6.15. The molecule has 0 saturated carbocycles. The molecule has 1 saturated heterocycles. The zero-order valence-corrected chi connectivity index (χ0v) is 13.9. The second kappa shape index (κ2) is 8.37. The summed E-state index contributed by atoms with van der Waals surface area (Å²) in [5, 5.41) is 3.62. The largest absolute Gasteiger partial charge is 0.352 e. The van der Waals surface area contributed by atoms with E-state index in [1.54, 1.807) is 0 Å². The molecule has 1 aromatic heterocycles. The minimum absolute atomic E-state index is 0.271. The summed E-state index contributed by atoms with van der Waals surface area (Å²) in [6, 6.07) is 0.353. The summed E-state index contributed by atoms with van der Waals surface area (Å²) < 4.78 is 0. The Balaban J connectivity index is 1.89. The number of aromatic nitrogens is 3. The average molecular weight is 312 g/mol. The molecule has 1 aromatic rings. The Hall–Kier alpha value is -1.10. The van der Waals surface area contributed by atoms with Gasteiger partial charge in [-0.15, -0.1) is 0 Å². The molecule has 0 spiro atoms. The highest BCUT2D eigenvalue weighted by Crippen LogP contribution is 2.19. The van der Waals surface area contributed by atoms with Crippen molar-refractivity contribution in [3.05, 3.63) is 5.28 Å². The molecule has 1 fully saturated rings. The molecule has 0 aromatic carbocycles. The van der Waals surface area contributed by atoms with Gasteiger partial charge in [0.15, 0.2) is 0 Å². The van der Waals surface area contributed by atoms with Gasteiger partial charge in [-0.3, -0.25) is 0 Å². The third kappa shape index (κ3) is 5.30. The van der Waals surface area contributed by atoms with Crippen molar-refractivity contribution in [2.75, 3.05) is 23.3 Å².